The summed E-state index contributed by atoms with van der Waals surface area (Å²) in [4.78, 5) is 12.6. The van der Waals surface area contributed by atoms with E-state index in [0.29, 0.717) is 6.54 Å². The summed E-state index contributed by atoms with van der Waals surface area (Å²) in [5, 5.41) is 5.98. The first-order valence-electron chi connectivity index (χ1n) is 4.83. The summed E-state index contributed by atoms with van der Waals surface area (Å²) in [5.41, 5.74) is 1.30. The maximum Gasteiger partial charge on any atom is 0.316 e. The molecule has 0 aliphatic rings. The van der Waals surface area contributed by atoms with Crippen molar-refractivity contribution in [2.45, 2.75) is 13.8 Å². The molecule has 2 amide bonds. The second-order valence-electron chi connectivity index (χ2n) is 3.61. The minimum atomic E-state index is -0.0472. The average Bonchev–Trinajstić information content (AvgIpc) is 2.09. The number of allylic oxidation sites excluding steroid dienone is 1. The summed E-state index contributed by atoms with van der Waals surface area (Å²) in [7, 11) is 3.46. The van der Waals surface area contributed by atoms with Crippen molar-refractivity contribution < 1.29 is 4.79 Å². The monoisotopic (exact) mass is 199 g/mol. The van der Waals surface area contributed by atoms with Crippen molar-refractivity contribution in [1.82, 2.24) is 15.5 Å². The van der Waals surface area contributed by atoms with Crippen molar-refractivity contribution in [2.24, 2.45) is 0 Å². The van der Waals surface area contributed by atoms with Gasteiger partial charge in [-0.15, -0.1) is 0 Å². The molecule has 0 rings (SSSR count). The molecule has 0 aromatic rings. The van der Waals surface area contributed by atoms with Crippen molar-refractivity contribution in [3.63, 3.8) is 0 Å². The summed E-state index contributed by atoms with van der Waals surface area (Å²) in [5.74, 6) is 0. The Morgan fingerprint density at radius 3 is 2.43 bits per heavy atom. The Labute approximate surface area is 86.4 Å². The second-order valence-corrected chi connectivity index (χ2v) is 3.61. The lowest BCUT2D eigenvalue weighted by molar-refractivity contribution is 0.217. The number of hydrogen-bond donors (Lipinski definition) is 2. The van der Waals surface area contributed by atoms with Gasteiger partial charge in [0.1, 0.15) is 0 Å². The van der Waals surface area contributed by atoms with Crippen molar-refractivity contribution in [1.29, 1.82) is 0 Å². The third kappa shape index (κ3) is 7.61. The van der Waals surface area contributed by atoms with E-state index in [-0.39, 0.29) is 6.03 Å². The standard InChI is InChI=1S/C10H21N3O/c1-9(2)5-6-11-7-8-12-10(14)13(3)4/h5,11H,6-8H2,1-4H3,(H,12,14). The number of carbonyl (C=O) groups is 1. The van der Waals surface area contributed by atoms with Crippen molar-refractivity contribution in [3.05, 3.63) is 11.6 Å². The van der Waals surface area contributed by atoms with Gasteiger partial charge in [0.15, 0.2) is 0 Å². The highest BCUT2D eigenvalue weighted by molar-refractivity contribution is 5.73. The third-order valence-corrected chi connectivity index (χ3v) is 1.64. The Morgan fingerprint density at radius 2 is 1.93 bits per heavy atom. The number of carbonyl (C=O) groups excluding carboxylic acids is 1. The van der Waals surface area contributed by atoms with Crippen molar-refractivity contribution >= 4 is 6.03 Å². The summed E-state index contributed by atoms with van der Waals surface area (Å²) < 4.78 is 0. The Balaban J connectivity index is 3.30. The molecule has 0 fully saturated rings. The van der Waals surface area contributed by atoms with Gasteiger partial charge in [0.2, 0.25) is 0 Å². The zero-order valence-corrected chi connectivity index (χ0v) is 9.55. The van der Waals surface area contributed by atoms with Gasteiger partial charge >= 0.3 is 6.03 Å². The normalized spacial score (nSPS) is 9.43. The van der Waals surface area contributed by atoms with E-state index >= 15 is 0 Å². The van der Waals surface area contributed by atoms with Crippen LogP contribution in [0.2, 0.25) is 0 Å². The molecule has 14 heavy (non-hydrogen) atoms. The highest BCUT2D eigenvalue weighted by Gasteiger charge is 1.99. The van der Waals surface area contributed by atoms with Crippen LogP contribution in [0.4, 0.5) is 4.79 Å². The topological polar surface area (TPSA) is 44.4 Å². The van der Waals surface area contributed by atoms with Gasteiger partial charge in [-0.05, 0) is 13.8 Å². The molecule has 0 aromatic heterocycles. The quantitative estimate of drug-likeness (QED) is 0.508. The predicted molar refractivity (Wildman–Crippen MR) is 59.4 cm³/mol. The minimum Gasteiger partial charge on any atom is -0.337 e. The summed E-state index contributed by atoms with van der Waals surface area (Å²) in [6.45, 7) is 6.45. The molecule has 4 nitrogen and oxygen atoms in total. The van der Waals surface area contributed by atoms with Gasteiger partial charge in [-0.25, -0.2) is 4.79 Å². The van der Waals surface area contributed by atoms with Crippen LogP contribution in [-0.4, -0.2) is 44.7 Å². The lowest BCUT2D eigenvalue weighted by atomic mass is 10.3. The molecule has 0 bridgehead atoms. The zero-order valence-electron chi connectivity index (χ0n) is 9.55. The molecule has 0 radical (unpaired) electrons. The number of amides is 2. The predicted octanol–water partition coefficient (Wildman–Crippen LogP) is 0.813. The first kappa shape index (κ1) is 13.0. The molecule has 0 heterocycles. The molecular formula is C10H21N3O. The fourth-order valence-corrected chi connectivity index (χ4v) is 0.794. The van der Waals surface area contributed by atoms with Crippen LogP contribution in [0.3, 0.4) is 0 Å². The van der Waals surface area contributed by atoms with E-state index in [2.05, 4.69) is 30.6 Å². The van der Waals surface area contributed by atoms with Crippen LogP contribution in [0.5, 0.6) is 0 Å². The zero-order chi connectivity index (χ0) is 11.0. The van der Waals surface area contributed by atoms with E-state index in [0.717, 1.165) is 13.1 Å². The maximum absolute atomic E-state index is 11.1. The maximum atomic E-state index is 11.1. The van der Waals surface area contributed by atoms with Gasteiger partial charge in [0.25, 0.3) is 0 Å². The molecule has 0 saturated carbocycles. The van der Waals surface area contributed by atoms with Gasteiger partial charge in [-0.2, -0.15) is 0 Å². The van der Waals surface area contributed by atoms with Gasteiger partial charge in [-0.1, -0.05) is 11.6 Å². The summed E-state index contributed by atoms with van der Waals surface area (Å²) in [6, 6.07) is -0.0472. The molecule has 4 heteroatoms. The molecule has 0 spiro atoms. The number of urea groups is 1. The SMILES string of the molecule is CC(C)=CCNCCNC(=O)N(C)C. The molecule has 2 N–H and O–H groups in total. The molecule has 0 aliphatic heterocycles. The lowest BCUT2D eigenvalue weighted by Gasteiger charge is -2.11. The lowest BCUT2D eigenvalue weighted by Crippen LogP contribution is -2.38. The molecule has 0 aliphatic carbocycles. The van der Waals surface area contributed by atoms with Gasteiger partial charge < -0.3 is 15.5 Å². The first-order valence-corrected chi connectivity index (χ1v) is 4.83. The molecule has 0 saturated heterocycles. The van der Waals surface area contributed by atoms with Crippen molar-refractivity contribution in [2.75, 3.05) is 33.7 Å². The highest BCUT2D eigenvalue weighted by atomic mass is 16.2. The van der Waals surface area contributed by atoms with Crippen LogP contribution in [-0.2, 0) is 0 Å². The molecular weight excluding hydrogens is 178 g/mol. The molecule has 0 unspecified atom stereocenters. The second kappa shape index (κ2) is 7.38. The first-order chi connectivity index (χ1) is 6.54. The molecule has 0 atom stereocenters. The van der Waals surface area contributed by atoms with E-state index < -0.39 is 0 Å². The minimum absolute atomic E-state index is 0.0472. The van der Waals surface area contributed by atoms with E-state index in [1.165, 1.54) is 10.5 Å². The average molecular weight is 199 g/mol. The van der Waals surface area contributed by atoms with Gasteiger partial charge in [0, 0.05) is 33.7 Å². The molecule has 82 valence electrons. The largest absolute Gasteiger partial charge is 0.337 e. The Hall–Kier alpha value is -1.03. The summed E-state index contributed by atoms with van der Waals surface area (Å²) >= 11 is 0. The van der Waals surface area contributed by atoms with Crippen LogP contribution in [0, 0.1) is 0 Å². The Morgan fingerprint density at radius 1 is 1.29 bits per heavy atom. The van der Waals surface area contributed by atoms with Gasteiger partial charge in [-0.3, -0.25) is 0 Å². The number of nitrogens with zero attached hydrogens (tertiary/aromatic N) is 1. The van der Waals surface area contributed by atoms with Crippen molar-refractivity contribution in [3.8, 4) is 0 Å². The fraction of sp³-hybridized carbons (Fsp3) is 0.700. The van der Waals surface area contributed by atoms with Crippen LogP contribution < -0.4 is 10.6 Å². The van der Waals surface area contributed by atoms with E-state index in [1.54, 1.807) is 14.1 Å². The molecule has 0 aromatic carbocycles. The van der Waals surface area contributed by atoms with Crippen LogP contribution in [0.25, 0.3) is 0 Å². The van der Waals surface area contributed by atoms with Gasteiger partial charge in [0.05, 0.1) is 0 Å². The number of nitrogens with one attached hydrogen (secondary N) is 2. The fourth-order valence-electron chi connectivity index (χ4n) is 0.794. The third-order valence-electron chi connectivity index (χ3n) is 1.64. The Bertz CT molecular complexity index is 196. The van der Waals surface area contributed by atoms with Crippen LogP contribution >= 0.6 is 0 Å². The Kier molecular flexibility index (Phi) is 6.84. The van der Waals surface area contributed by atoms with E-state index in [9.17, 15) is 4.79 Å². The van der Waals surface area contributed by atoms with Crippen LogP contribution in [0.15, 0.2) is 11.6 Å². The smallest absolute Gasteiger partial charge is 0.316 e. The van der Waals surface area contributed by atoms with E-state index in [4.69, 9.17) is 0 Å². The highest BCUT2D eigenvalue weighted by Crippen LogP contribution is 1.84. The van der Waals surface area contributed by atoms with Crippen LogP contribution in [0.1, 0.15) is 13.8 Å². The van der Waals surface area contributed by atoms with E-state index in [1.807, 2.05) is 0 Å². The number of hydrogen-bond acceptors (Lipinski definition) is 2. The summed E-state index contributed by atoms with van der Waals surface area (Å²) in [6.07, 6.45) is 2.12. The number of rotatable bonds is 5.